The Labute approximate surface area is 114 Å². The molecule has 1 aliphatic heterocycles. The zero-order valence-corrected chi connectivity index (χ0v) is 12.2. The summed E-state index contributed by atoms with van der Waals surface area (Å²) in [7, 11) is 0. The summed E-state index contributed by atoms with van der Waals surface area (Å²) in [4.78, 5) is 6.89. The lowest BCUT2D eigenvalue weighted by molar-refractivity contribution is 0.131. The second kappa shape index (κ2) is 5.93. The van der Waals surface area contributed by atoms with E-state index in [-0.39, 0.29) is 6.10 Å². The van der Waals surface area contributed by atoms with Crippen molar-refractivity contribution in [3.63, 3.8) is 0 Å². The van der Waals surface area contributed by atoms with E-state index in [2.05, 4.69) is 42.1 Å². The van der Waals surface area contributed by atoms with Gasteiger partial charge in [0.2, 0.25) is 0 Å². The normalized spacial score (nSPS) is 26.1. The number of nitrogens with zero attached hydrogens (tertiary/aromatic N) is 2. The molecule has 1 aromatic rings. The summed E-state index contributed by atoms with van der Waals surface area (Å²) in [6.07, 6.45) is 5.64. The van der Waals surface area contributed by atoms with E-state index in [1.54, 1.807) is 0 Å². The van der Waals surface area contributed by atoms with Crippen molar-refractivity contribution >= 4 is 17.4 Å². The number of aromatic nitrogens is 1. The molecule has 1 N–H and O–H groups in total. The molecule has 1 aliphatic rings. The number of anilines is 1. The fraction of sp³-hybridized carbons (Fsp3) is 0.643. The fourth-order valence-corrected chi connectivity index (χ4v) is 2.84. The molecule has 1 saturated heterocycles. The highest BCUT2D eigenvalue weighted by Gasteiger charge is 2.24. The van der Waals surface area contributed by atoms with Gasteiger partial charge in [0, 0.05) is 17.8 Å². The van der Waals surface area contributed by atoms with Gasteiger partial charge in [-0.05, 0) is 45.1 Å². The Hall–Kier alpha value is -0.740. The lowest BCUT2D eigenvalue weighted by atomic mass is 10.0. The smallest absolute Gasteiger partial charge is 0.0576 e. The van der Waals surface area contributed by atoms with Crippen LogP contribution in [0.25, 0.3) is 0 Å². The number of hydrogen-bond donors (Lipinski definition) is 1. The molecule has 0 spiro atoms. The van der Waals surface area contributed by atoms with Crippen molar-refractivity contribution in [2.24, 2.45) is 0 Å². The van der Waals surface area contributed by atoms with E-state index in [0.717, 1.165) is 25.1 Å². The highest BCUT2D eigenvalue weighted by molar-refractivity contribution is 7.98. The van der Waals surface area contributed by atoms with Crippen molar-refractivity contribution < 1.29 is 5.11 Å². The second-order valence-corrected chi connectivity index (χ2v) is 6.22. The van der Waals surface area contributed by atoms with Gasteiger partial charge in [-0.1, -0.05) is 0 Å². The molecule has 1 unspecified atom stereocenters. The third-order valence-electron chi connectivity index (χ3n) is 3.72. The molecular weight excluding hydrogens is 244 g/mol. The van der Waals surface area contributed by atoms with Gasteiger partial charge in [0.05, 0.1) is 23.7 Å². The van der Waals surface area contributed by atoms with Gasteiger partial charge in [0.15, 0.2) is 0 Å². The first-order valence-electron chi connectivity index (χ1n) is 6.55. The van der Waals surface area contributed by atoms with Crippen molar-refractivity contribution in [2.75, 3.05) is 17.7 Å². The third kappa shape index (κ3) is 2.98. The molecule has 100 valence electrons. The maximum Gasteiger partial charge on any atom is 0.0576 e. The Morgan fingerprint density at radius 3 is 2.83 bits per heavy atom. The summed E-state index contributed by atoms with van der Waals surface area (Å²) in [6, 6.07) is 4.66. The van der Waals surface area contributed by atoms with Gasteiger partial charge in [0.1, 0.15) is 0 Å². The van der Waals surface area contributed by atoms with Crippen LogP contribution in [0.2, 0.25) is 0 Å². The number of piperidine rings is 1. The predicted octanol–water partition coefficient (Wildman–Crippen LogP) is 2.86. The van der Waals surface area contributed by atoms with Crippen molar-refractivity contribution in [3.8, 4) is 0 Å². The zero-order chi connectivity index (χ0) is 13.1. The standard InChI is InChI=1S/C14H22N2OS/c1-10-8-13(17)6-7-16(10)12-4-5-14(15-9-12)11(2)18-3/h4-5,9-11,13,17H,6-8H2,1-3H3/t10-,11?,13+/m1/s1. The molecule has 18 heavy (non-hydrogen) atoms. The fourth-order valence-electron chi connectivity index (χ4n) is 2.46. The van der Waals surface area contributed by atoms with Crippen LogP contribution in [0.15, 0.2) is 18.3 Å². The molecule has 0 aliphatic carbocycles. The first kappa shape index (κ1) is 13.7. The topological polar surface area (TPSA) is 36.4 Å². The minimum Gasteiger partial charge on any atom is -0.393 e. The summed E-state index contributed by atoms with van der Waals surface area (Å²) in [5.74, 6) is 0. The monoisotopic (exact) mass is 266 g/mol. The molecule has 0 bridgehead atoms. The van der Waals surface area contributed by atoms with Gasteiger partial charge in [-0.3, -0.25) is 4.98 Å². The quantitative estimate of drug-likeness (QED) is 0.912. The third-order valence-corrected chi connectivity index (χ3v) is 4.67. The SMILES string of the molecule is CSC(C)c1ccc(N2CC[C@H](O)C[C@H]2C)cn1. The molecule has 4 heteroatoms. The minimum atomic E-state index is -0.139. The molecule has 0 aromatic carbocycles. The van der Waals surface area contributed by atoms with Crippen LogP contribution in [-0.4, -0.2) is 35.0 Å². The van der Waals surface area contributed by atoms with Crippen molar-refractivity contribution in [1.29, 1.82) is 0 Å². The van der Waals surface area contributed by atoms with E-state index in [1.807, 2.05) is 18.0 Å². The molecule has 0 saturated carbocycles. The van der Waals surface area contributed by atoms with Crippen molar-refractivity contribution in [3.05, 3.63) is 24.0 Å². The molecular formula is C14H22N2OS. The Bertz CT molecular complexity index is 382. The molecule has 3 atom stereocenters. The maximum atomic E-state index is 9.65. The summed E-state index contributed by atoms with van der Waals surface area (Å²) >= 11 is 1.81. The highest BCUT2D eigenvalue weighted by Crippen LogP contribution is 2.28. The molecule has 0 amide bonds. The van der Waals surface area contributed by atoms with Gasteiger partial charge in [-0.2, -0.15) is 11.8 Å². The molecule has 3 nitrogen and oxygen atoms in total. The Morgan fingerprint density at radius 2 is 2.28 bits per heavy atom. The predicted molar refractivity (Wildman–Crippen MR) is 78.2 cm³/mol. The molecule has 2 heterocycles. The van der Waals surface area contributed by atoms with Crippen molar-refractivity contribution in [2.45, 2.75) is 44.1 Å². The average molecular weight is 266 g/mol. The number of aliphatic hydroxyl groups is 1. The van der Waals surface area contributed by atoms with E-state index < -0.39 is 0 Å². The van der Waals surface area contributed by atoms with E-state index in [9.17, 15) is 5.11 Å². The van der Waals surface area contributed by atoms with Crippen LogP contribution in [0.5, 0.6) is 0 Å². The van der Waals surface area contributed by atoms with Crippen molar-refractivity contribution in [1.82, 2.24) is 4.98 Å². The number of pyridine rings is 1. The van der Waals surface area contributed by atoms with Gasteiger partial charge < -0.3 is 10.0 Å². The second-order valence-electron chi connectivity index (χ2n) is 5.04. The maximum absolute atomic E-state index is 9.65. The summed E-state index contributed by atoms with van der Waals surface area (Å²) in [5, 5.41) is 10.1. The molecule has 1 fully saturated rings. The molecule has 2 rings (SSSR count). The Balaban J connectivity index is 2.09. The van der Waals surface area contributed by atoms with Crippen LogP contribution in [0.1, 0.15) is 37.6 Å². The number of thioether (sulfide) groups is 1. The van der Waals surface area contributed by atoms with Crippen LogP contribution in [0, 0.1) is 0 Å². The van der Waals surface area contributed by atoms with Gasteiger partial charge in [-0.15, -0.1) is 0 Å². The lowest BCUT2D eigenvalue weighted by Crippen LogP contribution is -2.42. The average Bonchev–Trinajstić information content (AvgIpc) is 2.38. The Kier molecular flexibility index (Phi) is 4.51. The van der Waals surface area contributed by atoms with E-state index in [1.165, 1.54) is 5.69 Å². The highest BCUT2D eigenvalue weighted by atomic mass is 32.2. The van der Waals surface area contributed by atoms with Gasteiger partial charge in [-0.25, -0.2) is 0 Å². The zero-order valence-electron chi connectivity index (χ0n) is 11.3. The Morgan fingerprint density at radius 1 is 1.50 bits per heavy atom. The van der Waals surface area contributed by atoms with Crippen LogP contribution in [-0.2, 0) is 0 Å². The summed E-state index contributed by atoms with van der Waals surface area (Å²) in [5.41, 5.74) is 2.31. The summed E-state index contributed by atoms with van der Waals surface area (Å²) < 4.78 is 0. The van der Waals surface area contributed by atoms with E-state index >= 15 is 0 Å². The van der Waals surface area contributed by atoms with Gasteiger partial charge >= 0.3 is 0 Å². The van der Waals surface area contributed by atoms with Crippen LogP contribution >= 0.6 is 11.8 Å². The molecule has 1 aromatic heterocycles. The molecule has 0 radical (unpaired) electrons. The summed E-state index contributed by atoms with van der Waals surface area (Å²) in [6.45, 7) is 5.26. The number of rotatable bonds is 3. The van der Waals surface area contributed by atoms with E-state index in [4.69, 9.17) is 0 Å². The van der Waals surface area contributed by atoms with E-state index in [0.29, 0.717) is 11.3 Å². The van der Waals surface area contributed by atoms with Crippen LogP contribution in [0.3, 0.4) is 0 Å². The first-order valence-corrected chi connectivity index (χ1v) is 7.84. The number of aliphatic hydroxyl groups excluding tert-OH is 1. The largest absolute Gasteiger partial charge is 0.393 e. The first-order chi connectivity index (χ1) is 8.61. The van der Waals surface area contributed by atoms with Crippen LogP contribution < -0.4 is 4.90 Å². The van der Waals surface area contributed by atoms with Gasteiger partial charge in [0.25, 0.3) is 0 Å². The van der Waals surface area contributed by atoms with Crippen LogP contribution in [0.4, 0.5) is 5.69 Å². The lowest BCUT2D eigenvalue weighted by Gasteiger charge is -2.37. The minimum absolute atomic E-state index is 0.139. The number of hydrogen-bond acceptors (Lipinski definition) is 4.